The fourth-order valence-corrected chi connectivity index (χ4v) is 1.75. The van der Waals surface area contributed by atoms with Crippen LogP contribution >= 0.6 is 0 Å². The first-order chi connectivity index (χ1) is 8.72. The van der Waals surface area contributed by atoms with Crippen LogP contribution in [0.2, 0.25) is 0 Å². The summed E-state index contributed by atoms with van der Waals surface area (Å²) >= 11 is 0. The van der Waals surface area contributed by atoms with E-state index in [0.29, 0.717) is 30.8 Å². The number of amides is 2. The molecule has 2 rings (SSSR count). The van der Waals surface area contributed by atoms with E-state index in [1.54, 1.807) is 12.1 Å². The highest BCUT2D eigenvalue weighted by Crippen LogP contribution is 2.19. The van der Waals surface area contributed by atoms with Crippen LogP contribution in [-0.4, -0.2) is 24.1 Å². The second kappa shape index (κ2) is 5.44. The molecule has 1 aromatic rings. The van der Waals surface area contributed by atoms with Gasteiger partial charge in [0.2, 0.25) is 5.91 Å². The maximum absolute atomic E-state index is 11.8. The van der Waals surface area contributed by atoms with Crippen molar-refractivity contribution < 1.29 is 9.59 Å². The molecule has 1 heterocycles. The number of carbonyl (C=O) groups is 2. The summed E-state index contributed by atoms with van der Waals surface area (Å²) < 4.78 is 0. The van der Waals surface area contributed by atoms with Crippen molar-refractivity contribution in [2.45, 2.75) is 19.8 Å². The van der Waals surface area contributed by atoms with Gasteiger partial charge in [-0.3, -0.25) is 9.59 Å². The first-order valence-corrected chi connectivity index (χ1v) is 5.96. The minimum Gasteiger partial charge on any atom is -0.351 e. The van der Waals surface area contributed by atoms with Gasteiger partial charge in [-0.15, -0.1) is 0 Å². The van der Waals surface area contributed by atoms with Gasteiger partial charge in [-0.05, 0) is 19.1 Å². The molecule has 5 heteroatoms. The van der Waals surface area contributed by atoms with Crippen molar-refractivity contribution in [3.63, 3.8) is 0 Å². The number of carbonyl (C=O) groups excluding carboxylic acids is 2. The maximum atomic E-state index is 11.8. The van der Waals surface area contributed by atoms with Crippen LogP contribution in [0.5, 0.6) is 0 Å². The van der Waals surface area contributed by atoms with Crippen molar-refractivity contribution in [3.05, 3.63) is 30.3 Å². The van der Waals surface area contributed by atoms with E-state index in [1.165, 1.54) is 5.01 Å². The minimum absolute atomic E-state index is 0.0887. The van der Waals surface area contributed by atoms with E-state index in [4.69, 9.17) is 0 Å². The number of anilines is 1. The zero-order valence-electron chi connectivity index (χ0n) is 10.2. The number of nitrogens with zero attached hydrogens (tertiary/aromatic N) is 2. The van der Waals surface area contributed by atoms with Crippen molar-refractivity contribution in [1.29, 1.82) is 0 Å². The Bertz CT molecular complexity index is 482. The summed E-state index contributed by atoms with van der Waals surface area (Å²) in [5.41, 5.74) is 1.09. The van der Waals surface area contributed by atoms with Crippen molar-refractivity contribution in [2.75, 3.05) is 11.6 Å². The van der Waals surface area contributed by atoms with E-state index in [1.807, 2.05) is 25.1 Å². The Balaban J connectivity index is 2.26. The Morgan fingerprint density at radius 1 is 1.33 bits per heavy atom. The quantitative estimate of drug-likeness (QED) is 0.872. The molecule has 0 aromatic heterocycles. The third-order valence-electron chi connectivity index (χ3n) is 2.63. The minimum atomic E-state index is -0.203. The van der Waals surface area contributed by atoms with Crippen LogP contribution in [0.1, 0.15) is 19.8 Å². The van der Waals surface area contributed by atoms with Crippen molar-refractivity contribution >= 4 is 23.2 Å². The predicted molar refractivity (Wildman–Crippen MR) is 69.3 cm³/mol. The fraction of sp³-hybridized carbons (Fsp3) is 0.308. The summed E-state index contributed by atoms with van der Waals surface area (Å²) in [5.74, 6) is -0.292. The second-order valence-corrected chi connectivity index (χ2v) is 3.95. The number of nitrogens with one attached hydrogen (secondary N) is 1. The van der Waals surface area contributed by atoms with E-state index in [9.17, 15) is 9.59 Å². The van der Waals surface area contributed by atoms with Gasteiger partial charge in [0.15, 0.2) is 0 Å². The zero-order valence-corrected chi connectivity index (χ0v) is 10.2. The number of hydrazone groups is 1. The molecule has 2 amide bonds. The first-order valence-electron chi connectivity index (χ1n) is 5.96. The van der Waals surface area contributed by atoms with Gasteiger partial charge in [0.1, 0.15) is 5.71 Å². The molecule has 0 radical (unpaired) electrons. The standard InChI is InChI=1S/C13H15N3O2/c1-2-14-13(18)11-8-9-12(17)16(15-11)10-6-4-3-5-7-10/h3-7H,2,8-9H2,1H3,(H,14,18). The molecule has 0 spiro atoms. The summed E-state index contributed by atoms with van der Waals surface area (Å²) in [6.07, 6.45) is 0.707. The first kappa shape index (κ1) is 12.3. The lowest BCUT2D eigenvalue weighted by atomic mass is 10.1. The zero-order chi connectivity index (χ0) is 13.0. The lowest BCUT2D eigenvalue weighted by molar-refractivity contribution is -0.118. The van der Waals surface area contributed by atoms with E-state index >= 15 is 0 Å². The molecule has 0 aliphatic carbocycles. The molecule has 1 aromatic carbocycles. The molecule has 94 valence electrons. The van der Waals surface area contributed by atoms with Gasteiger partial charge in [-0.25, -0.2) is 5.01 Å². The molecular weight excluding hydrogens is 230 g/mol. The smallest absolute Gasteiger partial charge is 0.267 e. The molecule has 0 fully saturated rings. The van der Waals surface area contributed by atoms with Crippen molar-refractivity contribution in [3.8, 4) is 0 Å². The van der Waals surface area contributed by atoms with Crippen LogP contribution in [0, 0.1) is 0 Å². The third-order valence-corrected chi connectivity index (χ3v) is 2.63. The van der Waals surface area contributed by atoms with Gasteiger partial charge in [-0.2, -0.15) is 5.10 Å². The van der Waals surface area contributed by atoms with Gasteiger partial charge in [0.05, 0.1) is 5.69 Å². The summed E-state index contributed by atoms with van der Waals surface area (Å²) in [7, 11) is 0. The highest BCUT2D eigenvalue weighted by molar-refractivity contribution is 6.40. The lowest BCUT2D eigenvalue weighted by Gasteiger charge is -2.22. The fourth-order valence-electron chi connectivity index (χ4n) is 1.75. The molecule has 1 aliphatic heterocycles. The van der Waals surface area contributed by atoms with E-state index in [0.717, 1.165) is 0 Å². The van der Waals surface area contributed by atoms with E-state index in [-0.39, 0.29) is 11.8 Å². The van der Waals surface area contributed by atoms with Gasteiger partial charge < -0.3 is 5.32 Å². The largest absolute Gasteiger partial charge is 0.351 e. The second-order valence-electron chi connectivity index (χ2n) is 3.95. The Hall–Kier alpha value is -2.17. The molecule has 5 nitrogen and oxygen atoms in total. The number of para-hydroxylation sites is 1. The predicted octanol–water partition coefficient (Wildman–Crippen LogP) is 1.31. The Morgan fingerprint density at radius 2 is 2.06 bits per heavy atom. The molecule has 0 bridgehead atoms. The Labute approximate surface area is 105 Å². The van der Waals surface area contributed by atoms with E-state index < -0.39 is 0 Å². The number of hydrogen-bond donors (Lipinski definition) is 1. The van der Waals surface area contributed by atoms with Gasteiger partial charge in [0.25, 0.3) is 5.91 Å². The molecular formula is C13H15N3O2. The summed E-state index contributed by atoms with van der Waals surface area (Å²) in [5, 5.41) is 8.13. The van der Waals surface area contributed by atoms with Crippen molar-refractivity contribution in [1.82, 2.24) is 5.32 Å². The number of rotatable bonds is 3. The van der Waals surface area contributed by atoms with Gasteiger partial charge in [0, 0.05) is 19.4 Å². The topological polar surface area (TPSA) is 61.8 Å². The van der Waals surface area contributed by atoms with Crippen LogP contribution in [0.25, 0.3) is 0 Å². The highest BCUT2D eigenvalue weighted by atomic mass is 16.2. The van der Waals surface area contributed by atoms with Crippen LogP contribution in [-0.2, 0) is 9.59 Å². The lowest BCUT2D eigenvalue weighted by Crippen LogP contribution is -2.39. The van der Waals surface area contributed by atoms with Crippen LogP contribution in [0.4, 0.5) is 5.69 Å². The van der Waals surface area contributed by atoms with Crippen LogP contribution in [0.3, 0.4) is 0 Å². The molecule has 18 heavy (non-hydrogen) atoms. The molecule has 1 aliphatic rings. The SMILES string of the molecule is CCNC(=O)C1=NN(c2ccccc2)C(=O)CC1. The van der Waals surface area contributed by atoms with Crippen LogP contribution in [0.15, 0.2) is 35.4 Å². The maximum Gasteiger partial charge on any atom is 0.267 e. The molecule has 1 N–H and O–H groups in total. The van der Waals surface area contributed by atoms with Gasteiger partial charge >= 0.3 is 0 Å². The average molecular weight is 245 g/mol. The summed E-state index contributed by atoms with van der Waals surface area (Å²) in [6.45, 7) is 2.40. The normalized spacial score (nSPS) is 15.3. The van der Waals surface area contributed by atoms with Crippen LogP contribution < -0.4 is 10.3 Å². The Morgan fingerprint density at radius 3 is 2.72 bits per heavy atom. The summed E-state index contributed by atoms with van der Waals surface area (Å²) in [4.78, 5) is 23.5. The number of benzene rings is 1. The average Bonchev–Trinajstić information content (AvgIpc) is 2.40. The molecule has 0 atom stereocenters. The number of hydrogen-bond acceptors (Lipinski definition) is 3. The Kier molecular flexibility index (Phi) is 3.72. The van der Waals surface area contributed by atoms with E-state index in [2.05, 4.69) is 10.4 Å². The monoisotopic (exact) mass is 245 g/mol. The summed E-state index contributed by atoms with van der Waals surface area (Å²) in [6, 6.07) is 9.12. The molecule has 0 saturated heterocycles. The molecule has 0 unspecified atom stereocenters. The molecule has 0 saturated carbocycles. The third kappa shape index (κ3) is 2.56. The highest BCUT2D eigenvalue weighted by Gasteiger charge is 2.24. The van der Waals surface area contributed by atoms with Crippen molar-refractivity contribution in [2.24, 2.45) is 5.10 Å². The van der Waals surface area contributed by atoms with Gasteiger partial charge in [-0.1, -0.05) is 18.2 Å².